The zero-order chi connectivity index (χ0) is 20.8. The quantitative estimate of drug-likeness (QED) is 0.648. The maximum absolute atomic E-state index is 12.8. The third kappa shape index (κ3) is 5.72. The Morgan fingerprint density at radius 2 is 1.97 bits per heavy atom. The number of esters is 1. The molecule has 1 saturated heterocycles. The van der Waals surface area contributed by atoms with Crippen molar-refractivity contribution in [3.05, 3.63) is 63.6 Å². The highest BCUT2D eigenvalue weighted by molar-refractivity contribution is 6.34. The standard InChI is InChI=1S/C22H24Cl2N2O3/c1-2-29-22(28)18-10-9-17(12-20(18)24)25-21(27)16-7-5-11-26(14-16)13-15-6-3-4-8-19(15)23/h3-4,6,8-10,12,16H,2,5,7,11,13-14H2,1H3,(H,25,27)/t16-/m0/s1. The van der Waals surface area contributed by atoms with Gasteiger partial charge in [0, 0.05) is 23.8 Å². The summed E-state index contributed by atoms with van der Waals surface area (Å²) in [6.07, 6.45) is 1.78. The Morgan fingerprint density at radius 1 is 1.17 bits per heavy atom. The minimum Gasteiger partial charge on any atom is -0.462 e. The molecule has 2 aromatic carbocycles. The molecule has 5 nitrogen and oxygen atoms in total. The fourth-order valence-corrected chi connectivity index (χ4v) is 3.95. The second kappa shape index (κ2) is 10.1. The number of benzene rings is 2. The van der Waals surface area contributed by atoms with Crippen molar-refractivity contribution in [1.82, 2.24) is 4.90 Å². The molecule has 1 heterocycles. The lowest BCUT2D eigenvalue weighted by Crippen LogP contribution is -2.40. The minimum absolute atomic E-state index is 0.0474. The number of hydrogen-bond acceptors (Lipinski definition) is 4. The van der Waals surface area contributed by atoms with Crippen LogP contribution in [0.25, 0.3) is 0 Å². The number of carbonyl (C=O) groups excluding carboxylic acids is 2. The second-order valence-electron chi connectivity index (χ2n) is 7.07. The lowest BCUT2D eigenvalue weighted by molar-refractivity contribution is -0.121. The Bertz CT molecular complexity index is 888. The monoisotopic (exact) mass is 434 g/mol. The Morgan fingerprint density at radius 3 is 2.69 bits per heavy atom. The van der Waals surface area contributed by atoms with Crippen LogP contribution in [-0.4, -0.2) is 36.5 Å². The van der Waals surface area contributed by atoms with E-state index >= 15 is 0 Å². The third-order valence-corrected chi connectivity index (χ3v) is 5.64. The first kappa shape index (κ1) is 21.6. The van der Waals surface area contributed by atoms with Crippen LogP contribution in [0, 0.1) is 5.92 Å². The number of likely N-dealkylation sites (tertiary alicyclic amines) is 1. The normalized spacial score (nSPS) is 17.0. The lowest BCUT2D eigenvalue weighted by atomic mass is 9.96. The number of rotatable bonds is 6. The van der Waals surface area contributed by atoms with Crippen molar-refractivity contribution in [3.8, 4) is 0 Å². The average Bonchev–Trinajstić information content (AvgIpc) is 2.70. The van der Waals surface area contributed by atoms with Crippen LogP contribution in [-0.2, 0) is 16.1 Å². The van der Waals surface area contributed by atoms with Crippen LogP contribution in [0.3, 0.4) is 0 Å². The molecule has 29 heavy (non-hydrogen) atoms. The maximum atomic E-state index is 12.8. The lowest BCUT2D eigenvalue weighted by Gasteiger charge is -2.32. The predicted octanol–water partition coefficient (Wildman–Crippen LogP) is 5.02. The molecule has 154 valence electrons. The molecular formula is C22H24Cl2N2O3. The van der Waals surface area contributed by atoms with E-state index in [4.69, 9.17) is 27.9 Å². The highest BCUT2D eigenvalue weighted by Crippen LogP contribution is 2.25. The van der Waals surface area contributed by atoms with Crippen LogP contribution < -0.4 is 5.32 Å². The van der Waals surface area contributed by atoms with Crippen molar-refractivity contribution in [1.29, 1.82) is 0 Å². The number of carbonyl (C=O) groups is 2. The fraction of sp³-hybridized carbons (Fsp3) is 0.364. The molecule has 2 aromatic rings. The number of nitrogens with zero attached hydrogens (tertiary/aromatic N) is 1. The fourth-order valence-electron chi connectivity index (χ4n) is 3.49. The van der Waals surface area contributed by atoms with Crippen molar-refractivity contribution in [2.24, 2.45) is 5.92 Å². The second-order valence-corrected chi connectivity index (χ2v) is 7.88. The minimum atomic E-state index is -0.474. The Balaban J connectivity index is 1.61. The summed E-state index contributed by atoms with van der Waals surface area (Å²) in [5.41, 5.74) is 1.92. The van der Waals surface area contributed by atoms with E-state index < -0.39 is 5.97 Å². The molecule has 1 aliphatic heterocycles. The number of ether oxygens (including phenoxy) is 1. The van der Waals surface area contributed by atoms with E-state index in [1.807, 2.05) is 24.3 Å². The molecule has 1 N–H and O–H groups in total. The van der Waals surface area contributed by atoms with E-state index in [2.05, 4.69) is 10.2 Å². The average molecular weight is 435 g/mol. The molecule has 0 bridgehead atoms. The van der Waals surface area contributed by atoms with Crippen molar-refractivity contribution >= 4 is 40.8 Å². The van der Waals surface area contributed by atoms with Gasteiger partial charge in [0.05, 0.1) is 23.1 Å². The number of piperidine rings is 1. The number of amides is 1. The zero-order valence-electron chi connectivity index (χ0n) is 16.3. The van der Waals surface area contributed by atoms with Crippen LogP contribution >= 0.6 is 23.2 Å². The summed E-state index contributed by atoms with van der Waals surface area (Å²) >= 11 is 12.5. The van der Waals surface area contributed by atoms with E-state index in [0.717, 1.165) is 36.5 Å². The summed E-state index contributed by atoms with van der Waals surface area (Å²) in [6, 6.07) is 12.6. The van der Waals surface area contributed by atoms with E-state index in [1.165, 1.54) is 0 Å². The molecule has 1 fully saturated rings. The summed E-state index contributed by atoms with van der Waals surface area (Å²) in [7, 11) is 0. The number of anilines is 1. The first-order valence-corrected chi connectivity index (χ1v) is 10.5. The van der Waals surface area contributed by atoms with Gasteiger partial charge in [0.15, 0.2) is 0 Å². The number of nitrogens with one attached hydrogen (secondary N) is 1. The molecule has 3 rings (SSSR count). The molecule has 0 unspecified atom stereocenters. The van der Waals surface area contributed by atoms with Gasteiger partial charge in [-0.25, -0.2) is 4.79 Å². The van der Waals surface area contributed by atoms with Crippen molar-refractivity contribution < 1.29 is 14.3 Å². The van der Waals surface area contributed by atoms with Gasteiger partial charge in [-0.3, -0.25) is 9.69 Å². The molecule has 1 amide bonds. The molecule has 7 heteroatoms. The molecule has 0 radical (unpaired) electrons. The van der Waals surface area contributed by atoms with E-state index in [9.17, 15) is 9.59 Å². The highest BCUT2D eigenvalue weighted by atomic mass is 35.5. The van der Waals surface area contributed by atoms with Gasteiger partial charge in [-0.05, 0) is 56.1 Å². The van der Waals surface area contributed by atoms with E-state index in [1.54, 1.807) is 25.1 Å². The summed E-state index contributed by atoms with van der Waals surface area (Å²) in [5.74, 6) is -0.638. The summed E-state index contributed by atoms with van der Waals surface area (Å²) in [5, 5.41) is 3.92. The molecule has 0 saturated carbocycles. The van der Waals surface area contributed by atoms with Crippen LogP contribution in [0.4, 0.5) is 5.69 Å². The molecule has 0 aromatic heterocycles. The Kier molecular flexibility index (Phi) is 7.53. The third-order valence-electron chi connectivity index (χ3n) is 4.96. The molecule has 1 aliphatic rings. The summed E-state index contributed by atoms with van der Waals surface area (Å²) in [4.78, 5) is 26.9. The van der Waals surface area contributed by atoms with Gasteiger partial charge >= 0.3 is 5.97 Å². The Labute approximate surface area is 180 Å². The van der Waals surface area contributed by atoms with E-state index in [-0.39, 0.29) is 29.0 Å². The molecule has 0 spiro atoms. The Hall–Kier alpha value is -2.08. The van der Waals surface area contributed by atoms with Gasteiger partial charge in [0.1, 0.15) is 0 Å². The zero-order valence-corrected chi connectivity index (χ0v) is 17.8. The maximum Gasteiger partial charge on any atom is 0.339 e. The first-order chi connectivity index (χ1) is 14.0. The summed E-state index contributed by atoms with van der Waals surface area (Å²) < 4.78 is 4.97. The van der Waals surface area contributed by atoms with Crippen molar-refractivity contribution in [3.63, 3.8) is 0 Å². The van der Waals surface area contributed by atoms with E-state index in [0.29, 0.717) is 12.2 Å². The van der Waals surface area contributed by atoms with Crippen LogP contribution in [0.15, 0.2) is 42.5 Å². The summed E-state index contributed by atoms with van der Waals surface area (Å²) in [6.45, 7) is 4.35. The smallest absolute Gasteiger partial charge is 0.339 e. The largest absolute Gasteiger partial charge is 0.462 e. The van der Waals surface area contributed by atoms with Gasteiger partial charge in [0.25, 0.3) is 0 Å². The van der Waals surface area contributed by atoms with Crippen LogP contribution in [0.5, 0.6) is 0 Å². The molecular weight excluding hydrogens is 411 g/mol. The van der Waals surface area contributed by atoms with Gasteiger partial charge in [0.2, 0.25) is 5.91 Å². The van der Waals surface area contributed by atoms with Gasteiger partial charge in [-0.1, -0.05) is 41.4 Å². The van der Waals surface area contributed by atoms with Crippen LogP contribution in [0.2, 0.25) is 10.0 Å². The number of halogens is 2. The van der Waals surface area contributed by atoms with Gasteiger partial charge in [-0.15, -0.1) is 0 Å². The van der Waals surface area contributed by atoms with Gasteiger partial charge in [-0.2, -0.15) is 0 Å². The van der Waals surface area contributed by atoms with Gasteiger partial charge < -0.3 is 10.1 Å². The topological polar surface area (TPSA) is 58.6 Å². The van der Waals surface area contributed by atoms with Crippen LogP contribution in [0.1, 0.15) is 35.7 Å². The van der Waals surface area contributed by atoms with Crippen molar-refractivity contribution in [2.75, 3.05) is 25.0 Å². The number of hydrogen-bond donors (Lipinski definition) is 1. The van der Waals surface area contributed by atoms with Crippen molar-refractivity contribution in [2.45, 2.75) is 26.3 Å². The highest BCUT2D eigenvalue weighted by Gasteiger charge is 2.26. The molecule has 1 atom stereocenters. The molecule has 0 aliphatic carbocycles. The first-order valence-electron chi connectivity index (χ1n) is 9.71. The predicted molar refractivity (Wildman–Crippen MR) is 115 cm³/mol. The SMILES string of the molecule is CCOC(=O)c1ccc(NC(=O)[C@H]2CCCN(Cc3ccccc3Cl)C2)cc1Cl.